The molecule has 0 aliphatic carbocycles. The first kappa shape index (κ1) is 14.9. The molecule has 2 unspecified atom stereocenters. The van der Waals surface area contributed by atoms with Crippen molar-refractivity contribution in [3.05, 3.63) is 64.2 Å². The smallest absolute Gasteiger partial charge is 0.138 e. The second-order valence-corrected chi connectivity index (χ2v) is 5.64. The summed E-state index contributed by atoms with van der Waals surface area (Å²) < 4.78 is 6.07. The molecule has 20 heavy (non-hydrogen) atoms. The van der Waals surface area contributed by atoms with E-state index in [2.05, 4.69) is 19.9 Å². The first-order valence-electron chi connectivity index (χ1n) is 6.72. The third-order valence-electron chi connectivity index (χ3n) is 3.40. The Hall–Kier alpha value is -1.51. The summed E-state index contributed by atoms with van der Waals surface area (Å²) in [4.78, 5) is 0. The van der Waals surface area contributed by atoms with Crippen molar-refractivity contribution in [2.75, 3.05) is 0 Å². The molecule has 2 aromatic rings. The highest BCUT2D eigenvalue weighted by atomic mass is 35.5. The van der Waals surface area contributed by atoms with Gasteiger partial charge in [0.2, 0.25) is 0 Å². The minimum atomic E-state index is -0.212. The monoisotopic (exact) mass is 289 g/mol. The second-order valence-electron chi connectivity index (χ2n) is 5.20. The van der Waals surface area contributed by atoms with Gasteiger partial charge in [0.1, 0.15) is 11.9 Å². The maximum absolute atomic E-state index is 6.07. The van der Waals surface area contributed by atoms with Gasteiger partial charge in [0.15, 0.2) is 0 Å². The van der Waals surface area contributed by atoms with Crippen LogP contribution in [0.5, 0.6) is 5.75 Å². The van der Waals surface area contributed by atoms with Crippen molar-refractivity contribution in [3.8, 4) is 5.75 Å². The number of hydrogen-bond acceptors (Lipinski definition) is 2. The number of nitrogens with two attached hydrogens (primary N) is 1. The van der Waals surface area contributed by atoms with E-state index in [0.717, 1.165) is 11.3 Å². The van der Waals surface area contributed by atoms with E-state index < -0.39 is 0 Å². The minimum Gasteiger partial charge on any atom is -0.484 e. The lowest BCUT2D eigenvalue weighted by Crippen LogP contribution is -2.29. The highest BCUT2D eigenvalue weighted by Gasteiger charge is 2.18. The van der Waals surface area contributed by atoms with Crippen LogP contribution in [0.4, 0.5) is 0 Å². The fraction of sp³-hybridized carbons (Fsp3) is 0.294. The average Bonchev–Trinajstić information content (AvgIpc) is 2.39. The third kappa shape index (κ3) is 3.53. The van der Waals surface area contributed by atoms with Crippen LogP contribution in [0.2, 0.25) is 5.02 Å². The number of halogens is 1. The largest absolute Gasteiger partial charge is 0.484 e. The van der Waals surface area contributed by atoms with Crippen molar-refractivity contribution in [1.29, 1.82) is 0 Å². The molecule has 0 aliphatic heterocycles. The predicted octanol–water partition coefficient (Wildman–Crippen LogP) is 4.42. The molecule has 0 spiro atoms. The molecule has 0 heterocycles. The highest BCUT2D eigenvalue weighted by Crippen LogP contribution is 2.27. The van der Waals surface area contributed by atoms with Gasteiger partial charge in [0.05, 0.1) is 0 Å². The number of benzene rings is 2. The van der Waals surface area contributed by atoms with Crippen molar-refractivity contribution in [1.82, 2.24) is 0 Å². The molecular formula is C17H20ClNO. The van der Waals surface area contributed by atoms with Gasteiger partial charge >= 0.3 is 0 Å². The van der Waals surface area contributed by atoms with Crippen LogP contribution in [0.1, 0.15) is 29.7 Å². The Kier molecular flexibility index (Phi) is 4.69. The summed E-state index contributed by atoms with van der Waals surface area (Å²) in [6.45, 7) is 6.09. The molecule has 3 heteroatoms. The Morgan fingerprint density at radius 3 is 2.40 bits per heavy atom. The van der Waals surface area contributed by atoms with E-state index >= 15 is 0 Å². The maximum Gasteiger partial charge on any atom is 0.138 e. The summed E-state index contributed by atoms with van der Waals surface area (Å²) in [6, 6.07) is 13.6. The summed E-state index contributed by atoms with van der Waals surface area (Å²) in [5.41, 5.74) is 9.51. The van der Waals surface area contributed by atoms with Crippen LogP contribution in [0.15, 0.2) is 42.5 Å². The van der Waals surface area contributed by atoms with Gasteiger partial charge in [0.25, 0.3) is 0 Å². The van der Waals surface area contributed by atoms with Crippen molar-refractivity contribution in [2.24, 2.45) is 5.73 Å². The molecule has 0 radical (unpaired) electrons. The Labute approximate surface area is 125 Å². The Morgan fingerprint density at radius 1 is 1.05 bits per heavy atom. The van der Waals surface area contributed by atoms with E-state index in [1.54, 1.807) is 0 Å². The summed E-state index contributed by atoms with van der Waals surface area (Å²) in [6.07, 6.45) is -0.212. The SMILES string of the molecule is Cc1ccc(OC(c2cccc(Cl)c2)C(C)N)cc1C. The zero-order valence-corrected chi connectivity index (χ0v) is 12.8. The summed E-state index contributed by atoms with van der Waals surface area (Å²) in [5, 5.41) is 0.692. The van der Waals surface area contributed by atoms with Gasteiger partial charge in [-0.25, -0.2) is 0 Å². The number of ether oxygens (including phenoxy) is 1. The van der Waals surface area contributed by atoms with Crippen molar-refractivity contribution in [3.63, 3.8) is 0 Å². The molecule has 2 aromatic carbocycles. The van der Waals surface area contributed by atoms with E-state index in [1.165, 1.54) is 11.1 Å². The van der Waals surface area contributed by atoms with Crippen LogP contribution >= 0.6 is 11.6 Å². The van der Waals surface area contributed by atoms with Gasteiger partial charge in [-0.3, -0.25) is 0 Å². The van der Waals surface area contributed by atoms with Crippen LogP contribution in [-0.2, 0) is 0 Å². The van der Waals surface area contributed by atoms with Crippen LogP contribution in [-0.4, -0.2) is 6.04 Å². The summed E-state index contributed by atoms with van der Waals surface area (Å²) in [5.74, 6) is 0.829. The molecule has 0 saturated carbocycles. The van der Waals surface area contributed by atoms with Crippen LogP contribution in [0.3, 0.4) is 0 Å². The van der Waals surface area contributed by atoms with Crippen LogP contribution in [0, 0.1) is 13.8 Å². The molecule has 106 valence electrons. The van der Waals surface area contributed by atoms with Crippen LogP contribution in [0.25, 0.3) is 0 Å². The fourth-order valence-corrected chi connectivity index (χ4v) is 2.30. The van der Waals surface area contributed by atoms with Crippen molar-refractivity contribution >= 4 is 11.6 Å². The molecule has 0 saturated heterocycles. The standard InChI is InChI=1S/C17H20ClNO/c1-11-7-8-16(9-12(11)2)20-17(13(3)19)14-5-4-6-15(18)10-14/h4-10,13,17H,19H2,1-3H3. The second kappa shape index (κ2) is 6.29. The van der Waals surface area contributed by atoms with E-state index in [9.17, 15) is 0 Å². The molecule has 0 aromatic heterocycles. The van der Waals surface area contributed by atoms with E-state index in [-0.39, 0.29) is 12.1 Å². The van der Waals surface area contributed by atoms with Crippen LogP contribution < -0.4 is 10.5 Å². The quantitative estimate of drug-likeness (QED) is 0.904. The van der Waals surface area contributed by atoms with Gasteiger partial charge in [-0.2, -0.15) is 0 Å². The third-order valence-corrected chi connectivity index (χ3v) is 3.63. The van der Waals surface area contributed by atoms with E-state index in [4.69, 9.17) is 22.1 Å². The van der Waals surface area contributed by atoms with Gasteiger partial charge in [0, 0.05) is 11.1 Å². The Bertz CT molecular complexity index is 595. The lowest BCUT2D eigenvalue weighted by Gasteiger charge is -2.23. The number of rotatable bonds is 4. The minimum absolute atomic E-state index is 0.130. The normalized spacial score (nSPS) is 13.8. The molecule has 0 amide bonds. The summed E-state index contributed by atoms with van der Waals surface area (Å²) in [7, 11) is 0. The highest BCUT2D eigenvalue weighted by molar-refractivity contribution is 6.30. The number of hydrogen-bond donors (Lipinski definition) is 1. The lowest BCUT2D eigenvalue weighted by molar-refractivity contribution is 0.180. The molecule has 2 N–H and O–H groups in total. The first-order chi connectivity index (χ1) is 9.47. The molecule has 0 fully saturated rings. The molecule has 2 rings (SSSR count). The van der Waals surface area contributed by atoms with Gasteiger partial charge < -0.3 is 10.5 Å². The molecular weight excluding hydrogens is 270 g/mol. The zero-order valence-electron chi connectivity index (χ0n) is 12.1. The fourth-order valence-electron chi connectivity index (χ4n) is 2.10. The van der Waals surface area contributed by atoms with E-state index in [0.29, 0.717) is 5.02 Å². The Morgan fingerprint density at radius 2 is 1.80 bits per heavy atom. The number of aryl methyl sites for hydroxylation is 2. The summed E-state index contributed by atoms with van der Waals surface area (Å²) >= 11 is 6.05. The van der Waals surface area contributed by atoms with Crippen molar-refractivity contribution < 1.29 is 4.74 Å². The van der Waals surface area contributed by atoms with Crippen molar-refractivity contribution in [2.45, 2.75) is 32.9 Å². The molecule has 0 bridgehead atoms. The predicted molar refractivity (Wildman–Crippen MR) is 84.4 cm³/mol. The molecule has 2 nitrogen and oxygen atoms in total. The van der Waals surface area contributed by atoms with Gasteiger partial charge in [-0.15, -0.1) is 0 Å². The molecule has 0 aliphatic rings. The Balaban J connectivity index is 2.28. The maximum atomic E-state index is 6.07. The average molecular weight is 290 g/mol. The van der Waals surface area contributed by atoms with Gasteiger partial charge in [-0.1, -0.05) is 29.8 Å². The molecule has 2 atom stereocenters. The first-order valence-corrected chi connectivity index (χ1v) is 7.10. The zero-order chi connectivity index (χ0) is 14.7. The van der Waals surface area contributed by atoms with Gasteiger partial charge in [-0.05, 0) is 61.7 Å². The topological polar surface area (TPSA) is 35.2 Å². The lowest BCUT2D eigenvalue weighted by atomic mass is 10.0. The van der Waals surface area contributed by atoms with E-state index in [1.807, 2.05) is 43.3 Å².